The van der Waals surface area contributed by atoms with Crippen molar-refractivity contribution in [3.8, 4) is 17.2 Å². The second-order valence-electron chi connectivity index (χ2n) is 8.54. The Hall–Kier alpha value is -3.08. The first kappa shape index (κ1) is 23.7. The molecule has 0 spiro atoms. The molecule has 0 saturated carbocycles. The fraction of sp³-hybridized carbons (Fsp3) is 0.400. The van der Waals surface area contributed by atoms with Crippen molar-refractivity contribution in [2.45, 2.75) is 37.3 Å². The van der Waals surface area contributed by atoms with Gasteiger partial charge in [-0.15, -0.1) is 0 Å². The number of sulfonamides is 1. The molecule has 1 saturated heterocycles. The summed E-state index contributed by atoms with van der Waals surface area (Å²) in [5.41, 5.74) is 0.657. The van der Waals surface area contributed by atoms with E-state index in [4.69, 9.17) is 18.9 Å². The summed E-state index contributed by atoms with van der Waals surface area (Å²) in [4.78, 5) is 15.8. The van der Waals surface area contributed by atoms with Crippen LogP contribution in [0.1, 0.15) is 25.3 Å². The number of nitrogens with one attached hydrogen (secondary N) is 1. The highest BCUT2D eigenvalue weighted by Gasteiger charge is 2.31. The number of aromatic nitrogens is 1. The summed E-state index contributed by atoms with van der Waals surface area (Å²) in [6, 6.07) is 11.7. The van der Waals surface area contributed by atoms with E-state index in [1.54, 1.807) is 24.3 Å². The van der Waals surface area contributed by atoms with Gasteiger partial charge in [-0.1, -0.05) is 0 Å². The van der Waals surface area contributed by atoms with Crippen LogP contribution in [-0.2, 0) is 21.3 Å². The summed E-state index contributed by atoms with van der Waals surface area (Å²) in [6.45, 7) is 3.83. The van der Waals surface area contributed by atoms with Gasteiger partial charge in [0.1, 0.15) is 19.0 Å². The summed E-state index contributed by atoms with van der Waals surface area (Å²) >= 11 is 0. The molecule has 2 aliphatic rings. The fourth-order valence-electron chi connectivity index (χ4n) is 4.39. The summed E-state index contributed by atoms with van der Waals surface area (Å²) in [5, 5.41) is 0.763. The quantitative estimate of drug-likeness (QED) is 0.507. The predicted octanol–water partition coefficient (Wildman–Crippen LogP) is 3.07. The van der Waals surface area contributed by atoms with Gasteiger partial charge in [0.15, 0.2) is 11.5 Å². The second kappa shape index (κ2) is 9.88. The minimum atomic E-state index is -3.97. The van der Waals surface area contributed by atoms with Gasteiger partial charge in [0, 0.05) is 42.2 Å². The molecule has 1 fully saturated rings. The first-order chi connectivity index (χ1) is 16.9. The van der Waals surface area contributed by atoms with Crippen molar-refractivity contribution >= 4 is 20.9 Å². The van der Waals surface area contributed by atoms with Crippen LogP contribution in [0.3, 0.4) is 0 Å². The van der Waals surface area contributed by atoms with Crippen LogP contribution in [0.2, 0.25) is 0 Å². The molecule has 2 aliphatic heterocycles. The van der Waals surface area contributed by atoms with E-state index in [0.29, 0.717) is 54.8 Å². The Morgan fingerprint density at radius 2 is 1.89 bits per heavy atom. The molecule has 35 heavy (non-hydrogen) atoms. The molecule has 10 heteroatoms. The van der Waals surface area contributed by atoms with Crippen LogP contribution in [0.25, 0.3) is 10.9 Å². The Morgan fingerprint density at radius 3 is 2.66 bits per heavy atom. The molecule has 1 atom stereocenters. The Bertz CT molecular complexity index is 1380. The van der Waals surface area contributed by atoms with Gasteiger partial charge in [0.25, 0.3) is 5.56 Å². The third-order valence-electron chi connectivity index (χ3n) is 6.13. The molecule has 0 radical (unpaired) electrons. The number of hydrogen-bond donors (Lipinski definition) is 1. The average molecular weight is 501 g/mol. The van der Waals surface area contributed by atoms with Crippen LogP contribution in [0.15, 0.2) is 52.2 Å². The lowest BCUT2D eigenvalue weighted by Crippen LogP contribution is -2.38. The third-order valence-corrected chi connectivity index (χ3v) is 7.94. The van der Waals surface area contributed by atoms with Gasteiger partial charge in [0.2, 0.25) is 10.0 Å². The van der Waals surface area contributed by atoms with Crippen LogP contribution in [0.4, 0.5) is 0 Å². The van der Waals surface area contributed by atoms with Gasteiger partial charge >= 0.3 is 0 Å². The van der Waals surface area contributed by atoms with Gasteiger partial charge < -0.3 is 23.9 Å². The van der Waals surface area contributed by atoms with Gasteiger partial charge in [-0.2, -0.15) is 4.31 Å². The largest absolute Gasteiger partial charge is 0.494 e. The van der Waals surface area contributed by atoms with Gasteiger partial charge in [-0.3, -0.25) is 4.79 Å². The minimum Gasteiger partial charge on any atom is -0.494 e. The van der Waals surface area contributed by atoms with Crippen molar-refractivity contribution in [2.24, 2.45) is 0 Å². The molecule has 2 aromatic carbocycles. The number of H-pyrrole nitrogens is 1. The SMILES string of the molecule is CCOc1ccc2[nH]c(=O)c(CN(C[C@H]3CCCO3)S(=O)(=O)c3ccc4c(c3)OCCO4)cc2c1. The van der Waals surface area contributed by atoms with Crippen molar-refractivity contribution in [1.29, 1.82) is 0 Å². The molecule has 0 bridgehead atoms. The molecule has 186 valence electrons. The average Bonchev–Trinajstić information content (AvgIpc) is 3.37. The van der Waals surface area contributed by atoms with E-state index in [2.05, 4.69) is 4.98 Å². The standard InChI is InChI=1S/C25H28N2O7S/c1-2-31-19-5-7-22-17(13-19)12-18(25(28)26-22)15-27(16-20-4-3-9-32-20)35(29,30)21-6-8-23-24(14-21)34-11-10-33-23/h5-8,12-14,20H,2-4,9-11,15-16H2,1H3,(H,26,28)/t20-/m1/s1. The molecule has 3 aromatic rings. The molecule has 0 aliphatic carbocycles. The maximum Gasteiger partial charge on any atom is 0.252 e. The zero-order valence-electron chi connectivity index (χ0n) is 19.5. The maximum absolute atomic E-state index is 13.8. The molecule has 1 N–H and O–H groups in total. The third kappa shape index (κ3) is 5.00. The maximum atomic E-state index is 13.8. The van der Waals surface area contributed by atoms with E-state index in [1.165, 1.54) is 16.4 Å². The van der Waals surface area contributed by atoms with Crippen LogP contribution in [0.5, 0.6) is 17.2 Å². The number of nitrogens with zero attached hydrogens (tertiary/aromatic N) is 1. The summed E-state index contributed by atoms with van der Waals surface area (Å²) in [5.74, 6) is 1.58. The number of fused-ring (bicyclic) bond motifs is 2. The lowest BCUT2D eigenvalue weighted by Gasteiger charge is -2.26. The van der Waals surface area contributed by atoms with Crippen LogP contribution in [0, 0.1) is 0 Å². The van der Waals surface area contributed by atoms with Crippen molar-refractivity contribution in [3.63, 3.8) is 0 Å². The molecule has 5 rings (SSSR count). The summed E-state index contributed by atoms with van der Waals surface area (Å²) in [6.07, 6.45) is 1.41. The normalized spacial score (nSPS) is 17.7. The highest BCUT2D eigenvalue weighted by Crippen LogP contribution is 2.34. The molecule has 1 aromatic heterocycles. The minimum absolute atomic E-state index is 0.0793. The zero-order chi connectivity index (χ0) is 24.4. The Labute approximate surface area is 203 Å². The predicted molar refractivity (Wildman–Crippen MR) is 130 cm³/mol. The molecular formula is C25H28N2O7S. The van der Waals surface area contributed by atoms with Crippen molar-refractivity contribution in [1.82, 2.24) is 9.29 Å². The first-order valence-electron chi connectivity index (χ1n) is 11.7. The van der Waals surface area contributed by atoms with Crippen LogP contribution >= 0.6 is 0 Å². The Balaban J connectivity index is 1.51. The summed E-state index contributed by atoms with van der Waals surface area (Å²) in [7, 11) is -3.97. The number of ether oxygens (including phenoxy) is 4. The lowest BCUT2D eigenvalue weighted by atomic mass is 10.1. The van der Waals surface area contributed by atoms with E-state index in [-0.39, 0.29) is 29.6 Å². The topological polar surface area (TPSA) is 107 Å². The van der Waals surface area contributed by atoms with E-state index >= 15 is 0 Å². The smallest absolute Gasteiger partial charge is 0.252 e. The number of rotatable bonds is 8. The van der Waals surface area contributed by atoms with Gasteiger partial charge in [-0.25, -0.2) is 8.42 Å². The van der Waals surface area contributed by atoms with Crippen molar-refractivity contribution in [2.75, 3.05) is 33.0 Å². The van der Waals surface area contributed by atoms with Gasteiger partial charge in [0.05, 0.1) is 17.6 Å². The molecule has 0 unspecified atom stereocenters. The second-order valence-corrected chi connectivity index (χ2v) is 10.5. The number of aromatic amines is 1. The van der Waals surface area contributed by atoms with Crippen molar-refractivity contribution < 1.29 is 27.4 Å². The molecule has 0 amide bonds. The van der Waals surface area contributed by atoms with E-state index in [1.807, 2.05) is 13.0 Å². The number of benzene rings is 2. The van der Waals surface area contributed by atoms with E-state index in [9.17, 15) is 13.2 Å². The fourth-order valence-corrected chi connectivity index (χ4v) is 5.86. The van der Waals surface area contributed by atoms with Gasteiger partial charge in [-0.05, 0) is 56.2 Å². The Morgan fingerprint density at radius 1 is 1.06 bits per heavy atom. The number of hydrogen-bond acceptors (Lipinski definition) is 7. The highest BCUT2D eigenvalue weighted by molar-refractivity contribution is 7.89. The summed E-state index contributed by atoms with van der Waals surface area (Å²) < 4.78 is 51.3. The van der Waals surface area contributed by atoms with Crippen LogP contribution in [-0.4, -0.2) is 56.8 Å². The van der Waals surface area contributed by atoms with E-state index in [0.717, 1.165) is 18.2 Å². The molecular weight excluding hydrogens is 472 g/mol. The monoisotopic (exact) mass is 500 g/mol. The molecule has 3 heterocycles. The Kier molecular flexibility index (Phi) is 6.68. The highest BCUT2D eigenvalue weighted by atomic mass is 32.2. The molecule has 9 nitrogen and oxygen atoms in total. The van der Waals surface area contributed by atoms with Crippen molar-refractivity contribution in [3.05, 3.63) is 58.4 Å². The zero-order valence-corrected chi connectivity index (χ0v) is 20.3. The first-order valence-corrected chi connectivity index (χ1v) is 13.2. The van der Waals surface area contributed by atoms with E-state index < -0.39 is 10.0 Å². The number of pyridine rings is 1. The van der Waals surface area contributed by atoms with Crippen LogP contribution < -0.4 is 19.8 Å². The lowest BCUT2D eigenvalue weighted by molar-refractivity contribution is 0.0925.